The van der Waals surface area contributed by atoms with Crippen LogP contribution in [0.15, 0.2) is 30.3 Å². The summed E-state index contributed by atoms with van der Waals surface area (Å²) in [6.45, 7) is 2.10. The molecule has 1 N–H and O–H groups in total. The molecule has 1 aliphatic heterocycles. The summed E-state index contributed by atoms with van der Waals surface area (Å²) in [5.74, 6) is -0.414. The van der Waals surface area contributed by atoms with Crippen molar-refractivity contribution in [1.82, 2.24) is 10.2 Å². The molecular weight excluding hydrogens is 208 g/mol. The van der Waals surface area contributed by atoms with Crippen molar-refractivity contribution in [2.75, 3.05) is 26.3 Å². The normalized spacial score (nSPS) is 17.1. The second-order valence-electron chi connectivity index (χ2n) is 3.53. The molecule has 0 unspecified atom stereocenters. The summed E-state index contributed by atoms with van der Waals surface area (Å²) in [6.07, 6.45) is 0. The van der Waals surface area contributed by atoms with E-state index in [-0.39, 0.29) is 0 Å². The van der Waals surface area contributed by atoms with E-state index in [9.17, 15) is 10.0 Å². The maximum Gasteiger partial charge on any atom is 0.292 e. The average molecular weight is 222 g/mol. The van der Waals surface area contributed by atoms with E-state index in [1.807, 2.05) is 6.07 Å². The summed E-state index contributed by atoms with van der Waals surface area (Å²) in [6, 6.07) is 8.70. The number of benzene rings is 1. The van der Waals surface area contributed by atoms with E-state index in [4.69, 9.17) is 4.74 Å². The van der Waals surface area contributed by atoms with Gasteiger partial charge in [0.15, 0.2) is 0 Å². The molecule has 0 spiro atoms. The van der Waals surface area contributed by atoms with Gasteiger partial charge in [-0.2, -0.15) is 5.01 Å². The zero-order chi connectivity index (χ0) is 11.4. The van der Waals surface area contributed by atoms with Crippen molar-refractivity contribution in [2.45, 2.75) is 0 Å². The summed E-state index contributed by atoms with van der Waals surface area (Å²) >= 11 is 0. The van der Waals surface area contributed by atoms with Crippen molar-refractivity contribution >= 4 is 5.91 Å². The van der Waals surface area contributed by atoms with E-state index in [1.54, 1.807) is 29.3 Å². The lowest BCUT2D eigenvalue weighted by molar-refractivity contribution is -0.222. The number of amides is 1. The molecule has 86 valence electrons. The van der Waals surface area contributed by atoms with Gasteiger partial charge in [0.2, 0.25) is 0 Å². The number of hydrogen-bond donors (Lipinski definition) is 1. The Labute approximate surface area is 93.8 Å². The highest BCUT2D eigenvalue weighted by Crippen LogP contribution is 2.07. The first-order valence-electron chi connectivity index (χ1n) is 5.20. The molecular formula is C11H14N2O3. The molecule has 1 aromatic rings. The smallest absolute Gasteiger partial charge is 0.292 e. The van der Waals surface area contributed by atoms with Crippen molar-refractivity contribution in [1.29, 1.82) is 0 Å². The number of hydroxylamine groups is 1. The predicted molar refractivity (Wildman–Crippen MR) is 56.8 cm³/mol. The van der Waals surface area contributed by atoms with Gasteiger partial charge in [-0.3, -0.25) is 10.0 Å². The van der Waals surface area contributed by atoms with Crippen LogP contribution in [-0.2, 0) is 4.74 Å². The summed E-state index contributed by atoms with van der Waals surface area (Å²) in [4.78, 5) is 11.8. The standard InChI is InChI=1S/C11H14N2O3/c14-11(10-4-2-1-3-5-10)13(15)12-6-8-16-9-7-12/h1-5,15H,6-9H2. The van der Waals surface area contributed by atoms with E-state index in [0.29, 0.717) is 37.0 Å². The zero-order valence-electron chi connectivity index (χ0n) is 8.87. The van der Waals surface area contributed by atoms with Crippen molar-refractivity contribution in [3.8, 4) is 0 Å². The van der Waals surface area contributed by atoms with Crippen LogP contribution in [0, 0.1) is 0 Å². The number of hydrogen-bond acceptors (Lipinski definition) is 4. The lowest BCUT2D eigenvalue weighted by atomic mass is 10.2. The zero-order valence-corrected chi connectivity index (χ0v) is 8.87. The molecule has 0 bridgehead atoms. The van der Waals surface area contributed by atoms with Gasteiger partial charge in [0.1, 0.15) is 0 Å². The molecule has 2 rings (SSSR count). The third-order valence-electron chi connectivity index (χ3n) is 2.46. The highest BCUT2D eigenvalue weighted by atomic mass is 16.6. The van der Waals surface area contributed by atoms with Crippen LogP contribution < -0.4 is 0 Å². The Hall–Kier alpha value is -1.43. The minimum atomic E-state index is -0.414. The van der Waals surface area contributed by atoms with Crippen LogP contribution in [-0.4, -0.2) is 47.6 Å². The third-order valence-corrected chi connectivity index (χ3v) is 2.46. The molecule has 16 heavy (non-hydrogen) atoms. The van der Waals surface area contributed by atoms with Crippen LogP contribution in [0.4, 0.5) is 0 Å². The molecule has 0 aliphatic carbocycles. The van der Waals surface area contributed by atoms with E-state index < -0.39 is 5.91 Å². The lowest BCUT2D eigenvalue weighted by Crippen LogP contribution is -2.49. The quantitative estimate of drug-likeness (QED) is 0.593. The molecule has 1 aliphatic rings. The number of carbonyl (C=O) groups excluding carboxylic acids is 1. The maximum absolute atomic E-state index is 11.8. The van der Waals surface area contributed by atoms with Crippen LogP contribution in [0.25, 0.3) is 0 Å². The molecule has 1 heterocycles. The van der Waals surface area contributed by atoms with Crippen molar-refractivity contribution < 1.29 is 14.7 Å². The van der Waals surface area contributed by atoms with Gasteiger partial charge >= 0.3 is 0 Å². The van der Waals surface area contributed by atoms with Crippen molar-refractivity contribution in [2.24, 2.45) is 0 Å². The Balaban J connectivity index is 2.04. The van der Waals surface area contributed by atoms with Crippen LogP contribution in [0.3, 0.4) is 0 Å². The first kappa shape index (κ1) is 11.1. The van der Waals surface area contributed by atoms with E-state index >= 15 is 0 Å². The number of rotatable bonds is 2. The topological polar surface area (TPSA) is 53.0 Å². The van der Waals surface area contributed by atoms with Gasteiger partial charge in [-0.15, -0.1) is 5.17 Å². The minimum absolute atomic E-state index is 0.414. The fourth-order valence-electron chi connectivity index (χ4n) is 1.57. The second kappa shape index (κ2) is 5.07. The summed E-state index contributed by atoms with van der Waals surface area (Å²) in [7, 11) is 0. The molecule has 1 aromatic carbocycles. The number of ether oxygens (including phenoxy) is 1. The minimum Gasteiger partial charge on any atom is -0.379 e. The molecule has 1 saturated heterocycles. The monoisotopic (exact) mass is 222 g/mol. The van der Waals surface area contributed by atoms with E-state index in [2.05, 4.69) is 0 Å². The van der Waals surface area contributed by atoms with Crippen LogP contribution in [0.5, 0.6) is 0 Å². The molecule has 1 amide bonds. The molecule has 5 nitrogen and oxygen atoms in total. The molecule has 1 fully saturated rings. The van der Waals surface area contributed by atoms with Crippen molar-refractivity contribution in [3.63, 3.8) is 0 Å². The molecule has 0 aromatic heterocycles. The molecule has 0 saturated carbocycles. The van der Waals surface area contributed by atoms with Crippen molar-refractivity contribution in [3.05, 3.63) is 35.9 Å². The number of morpholine rings is 1. The fourth-order valence-corrected chi connectivity index (χ4v) is 1.57. The lowest BCUT2D eigenvalue weighted by Gasteiger charge is -2.32. The molecule has 0 radical (unpaired) electrons. The van der Waals surface area contributed by atoms with Gasteiger partial charge < -0.3 is 4.74 Å². The fraction of sp³-hybridized carbons (Fsp3) is 0.364. The highest BCUT2D eigenvalue weighted by Gasteiger charge is 2.22. The van der Waals surface area contributed by atoms with E-state index in [0.717, 1.165) is 0 Å². The number of nitrogens with zero attached hydrogens (tertiary/aromatic N) is 2. The Morgan fingerprint density at radius 2 is 1.88 bits per heavy atom. The third kappa shape index (κ3) is 2.38. The van der Waals surface area contributed by atoms with Gasteiger partial charge in [-0.25, -0.2) is 0 Å². The van der Waals surface area contributed by atoms with Gasteiger partial charge in [0, 0.05) is 18.7 Å². The first-order chi connectivity index (χ1) is 7.79. The van der Waals surface area contributed by atoms with Gasteiger partial charge in [-0.05, 0) is 12.1 Å². The highest BCUT2D eigenvalue weighted by molar-refractivity contribution is 5.93. The SMILES string of the molecule is O=C(c1ccccc1)N(O)N1CCOCC1. The largest absolute Gasteiger partial charge is 0.379 e. The van der Waals surface area contributed by atoms with E-state index in [1.165, 1.54) is 0 Å². The van der Waals surface area contributed by atoms with Crippen LogP contribution in [0.1, 0.15) is 10.4 Å². The summed E-state index contributed by atoms with van der Waals surface area (Å²) in [5.41, 5.74) is 0.469. The van der Waals surface area contributed by atoms with Crippen LogP contribution in [0.2, 0.25) is 0 Å². The Morgan fingerprint density at radius 1 is 1.25 bits per heavy atom. The molecule has 0 atom stereocenters. The van der Waals surface area contributed by atoms with Crippen LogP contribution >= 0.6 is 0 Å². The second-order valence-corrected chi connectivity index (χ2v) is 3.53. The molecule has 5 heteroatoms. The van der Waals surface area contributed by atoms with Gasteiger partial charge in [0.05, 0.1) is 13.2 Å². The number of carbonyl (C=O) groups is 1. The Kier molecular flexibility index (Phi) is 3.51. The van der Waals surface area contributed by atoms with Gasteiger partial charge in [0.25, 0.3) is 5.91 Å². The van der Waals surface area contributed by atoms with Gasteiger partial charge in [-0.1, -0.05) is 18.2 Å². The number of hydrazine groups is 1. The Morgan fingerprint density at radius 3 is 2.50 bits per heavy atom. The summed E-state index contributed by atoms with van der Waals surface area (Å²) < 4.78 is 5.14. The summed E-state index contributed by atoms with van der Waals surface area (Å²) in [5, 5.41) is 12.0. The predicted octanol–water partition coefficient (Wildman–Crippen LogP) is 0.765. The first-order valence-corrected chi connectivity index (χ1v) is 5.20. The maximum atomic E-state index is 11.8. The average Bonchev–Trinajstić information content (AvgIpc) is 2.39. The Bertz CT molecular complexity index is 350.